The first-order valence-corrected chi connectivity index (χ1v) is 5.55. The first kappa shape index (κ1) is 10.0. The van der Waals surface area contributed by atoms with Gasteiger partial charge in [0.25, 0.3) is 0 Å². The molecule has 0 bridgehead atoms. The Kier molecular flexibility index (Phi) is 2.63. The summed E-state index contributed by atoms with van der Waals surface area (Å²) < 4.78 is 5.09. The molecule has 15 heavy (non-hydrogen) atoms. The minimum absolute atomic E-state index is 0.239. The van der Waals surface area contributed by atoms with E-state index in [1.165, 1.54) is 17.8 Å². The maximum Gasteiger partial charge on any atom is 0.434 e. The molecule has 7 heteroatoms. The zero-order valence-corrected chi connectivity index (χ0v) is 8.86. The highest BCUT2D eigenvalue weighted by Crippen LogP contribution is 2.27. The predicted molar refractivity (Wildman–Crippen MR) is 58.5 cm³/mol. The molecule has 0 radical (unpaired) electrons. The number of nitro groups is 1. The number of anilines is 1. The van der Waals surface area contributed by atoms with Gasteiger partial charge in [-0.1, -0.05) is 11.8 Å². The van der Waals surface area contributed by atoms with E-state index in [1.807, 2.05) is 11.2 Å². The number of aliphatic imine (C=N–C) groups is 1. The molecule has 0 unspecified atom stereocenters. The van der Waals surface area contributed by atoms with Gasteiger partial charge in [-0.25, -0.2) is 0 Å². The van der Waals surface area contributed by atoms with Crippen LogP contribution in [-0.4, -0.2) is 29.4 Å². The summed E-state index contributed by atoms with van der Waals surface area (Å²) in [6.45, 7) is 1.41. The molecule has 2 rings (SSSR count). The minimum atomic E-state index is -0.546. The lowest BCUT2D eigenvalue weighted by atomic mass is 10.5. The smallest absolute Gasteiger partial charge is 0.384 e. The largest absolute Gasteiger partial charge is 0.434 e. The highest BCUT2D eigenvalue weighted by atomic mass is 32.2. The molecular weight excluding hydrogens is 218 g/mol. The molecule has 0 amide bonds. The van der Waals surface area contributed by atoms with E-state index in [2.05, 4.69) is 4.99 Å². The van der Waals surface area contributed by atoms with E-state index < -0.39 is 4.92 Å². The van der Waals surface area contributed by atoms with E-state index in [1.54, 1.807) is 6.07 Å². The average molecular weight is 227 g/mol. The number of nitrogens with zero attached hydrogens (tertiary/aromatic N) is 3. The zero-order chi connectivity index (χ0) is 10.8. The summed E-state index contributed by atoms with van der Waals surface area (Å²) >= 11 is 1.50. The monoisotopic (exact) mass is 227 g/mol. The zero-order valence-electron chi connectivity index (χ0n) is 8.04. The summed E-state index contributed by atoms with van der Waals surface area (Å²) in [5.41, 5.74) is 0. The molecule has 0 atom stereocenters. The van der Waals surface area contributed by atoms with Gasteiger partial charge in [0.1, 0.15) is 4.92 Å². The van der Waals surface area contributed by atoms with Gasteiger partial charge in [-0.2, -0.15) is 0 Å². The molecule has 0 saturated heterocycles. The molecular formula is C8H9N3O3S. The molecule has 1 aliphatic heterocycles. The van der Waals surface area contributed by atoms with Gasteiger partial charge in [-0.3, -0.25) is 20.0 Å². The molecule has 0 aromatic carbocycles. The van der Waals surface area contributed by atoms with Crippen LogP contribution in [0.2, 0.25) is 0 Å². The van der Waals surface area contributed by atoms with Gasteiger partial charge in [0.05, 0.1) is 12.6 Å². The molecule has 0 aliphatic carbocycles. The number of amidine groups is 1. The van der Waals surface area contributed by atoms with Gasteiger partial charge in [-0.15, -0.1) is 0 Å². The van der Waals surface area contributed by atoms with Crippen LogP contribution >= 0.6 is 11.8 Å². The van der Waals surface area contributed by atoms with Crippen LogP contribution in [0.1, 0.15) is 0 Å². The number of thioether (sulfide) groups is 1. The maximum atomic E-state index is 10.4. The van der Waals surface area contributed by atoms with Crippen LogP contribution in [0.15, 0.2) is 21.5 Å². The Morgan fingerprint density at radius 1 is 1.67 bits per heavy atom. The minimum Gasteiger partial charge on any atom is -0.384 e. The highest BCUT2D eigenvalue weighted by molar-refractivity contribution is 8.13. The van der Waals surface area contributed by atoms with Crippen molar-refractivity contribution in [3.63, 3.8) is 0 Å². The number of hydrogen-bond acceptors (Lipinski definition) is 6. The third-order valence-corrected chi connectivity index (χ3v) is 2.72. The van der Waals surface area contributed by atoms with Crippen LogP contribution in [0.5, 0.6) is 0 Å². The predicted octanol–water partition coefficient (Wildman–Crippen LogP) is 1.73. The van der Waals surface area contributed by atoms with E-state index >= 15 is 0 Å². The third-order valence-electron chi connectivity index (χ3n) is 2.01. The van der Waals surface area contributed by atoms with E-state index in [0.717, 1.165) is 5.17 Å². The number of furan rings is 1. The second kappa shape index (κ2) is 3.93. The fourth-order valence-corrected chi connectivity index (χ4v) is 1.99. The van der Waals surface area contributed by atoms with Crippen molar-refractivity contribution in [1.82, 2.24) is 0 Å². The summed E-state index contributed by atoms with van der Waals surface area (Å²) in [5.74, 6) is 0.240. The summed E-state index contributed by atoms with van der Waals surface area (Å²) in [4.78, 5) is 16.0. The molecule has 1 aliphatic rings. The van der Waals surface area contributed by atoms with E-state index in [9.17, 15) is 10.1 Å². The van der Waals surface area contributed by atoms with Gasteiger partial charge >= 0.3 is 5.88 Å². The standard InChI is InChI=1S/C8H9N3O3S/c1-15-8-9-4-5-10(8)6-2-3-7(14-6)11(12)13/h2-3H,4-5H2,1H3. The van der Waals surface area contributed by atoms with Crippen molar-refractivity contribution in [2.45, 2.75) is 0 Å². The molecule has 6 nitrogen and oxygen atoms in total. The SMILES string of the molecule is CSC1=NCCN1c1ccc([N+](=O)[O-])o1. The lowest BCUT2D eigenvalue weighted by molar-refractivity contribution is -0.401. The normalized spacial score (nSPS) is 15.5. The summed E-state index contributed by atoms with van der Waals surface area (Å²) in [6.07, 6.45) is 1.91. The Hall–Kier alpha value is -1.50. The van der Waals surface area contributed by atoms with Gasteiger partial charge in [0.15, 0.2) is 5.17 Å². The quantitative estimate of drug-likeness (QED) is 0.568. The third kappa shape index (κ3) is 1.82. The average Bonchev–Trinajstić information content (AvgIpc) is 2.85. The fraction of sp³-hybridized carbons (Fsp3) is 0.375. The van der Waals surface area contributed by atoms with Crippen LogP contribution in [0.3, 0.4) is 0 Å². The van der Waals surface area contributed by atoms with Gasteiger partial charge in [0, 0.05) is 12.6 Å². The topological polar surface area (TPSA) is 71.9 Å². The van der Waals surface area contributed by atoms with Crippen LogP contribution in [0, 0.1) is 10.1 Å². The molecule has 0 saturated carbocycles. The van der Waals surface area contributed by atoms with Crippen molar-refractivity contribution < 1.29 is 9.34 Å². The van der Waals surface area contributed by atoms with Crippen molar-refractivity contribution in [3.05, 3.63) is 22.2 Å². The van der Waals surface area contributed by atoms with E-state index in [4.69, 9.17) is 4.42 Å². The molecule has 80 valence electrons. The molecule has 2 heterocycles. The van der Waals surface area contributed by atoms with Crippen LogP contribution in [0.4, 0.5) is 11.8 Å². The second-order valence-corrected chi connectivity index (χ2v) is 3.66. The van der Waals surface area contributed by atoms with Crippen LogP contribution in [0.25, 0.3) is 0 Å². The number of hydrogen-bond donors (Lipinski definition) is 0. The summed E-state index contributed by atoms with van der Waals surface area (Å²) in [6, 6.07) is 2.95. The van der Waals surface area contributed by atoms with Crippen molar-refractivity contribution in [1.29, 1.82) is 0 Å². The van der Waals surface area contributed by atoms with Crippen molar-refractivity contribution in [3.8, 4) is 0 Å². The Morgan fingerprint density at radius 2 is 2.47 bits per heavy atom. The Morgan fingerprint density at radius 3 is 3.07 bits per heavy atom. The van der Waals surface area contributed by atoms with Crippen LogP contribution in [-0.2, 0) is 0 Å². The lowest BCUT2D eigenvalue weighted by Gasteiger charge is -2.14. The first-order chi connectivity index (χ1) is 7.22. The highest BCUT2D eigenvalue weighted by Gasteiger charge is 2.23. The first-order valence-electron chi connectivity index (χ1n) is 4.32. The second-order valence-electron chi connectivity index (χ2n) is 2.89. The molecule has 0 spiro atoms. The van der Waals surface area contributed by atoms with Crippen molar-refractivity contribution in [2.75, 3.05) is 24.2 Å². The molecule has 1 aromatic rings. The van der Waals surface area contributed by atoms with Crippen LogP contribution < -0.4 is 4.90 Å². The Labute approximate surface area is 90.1 Å². The Bertz CT molecular complexity index is 415. The maximum absolute atomic E-state index is 10.4. The van der Waals surface area contributed by atoms with Gasteiger partial charge < -0.3 is 4.42 Å². The van der Waals surface area contributed by atoms with E-state index in [0.29, 0.717) is 19.0 Å². The van der Waals surface area contributed by atoms with E-state index in [-0.39, 0.29) is 5.88 Å². The van der Waals surface area contributed by atoms with Gasteiger partial charge in [0.2, 0.25) is 5.88 Å². The molecule has 1 aromatic heterocycles. The van der Waals surface area contributed by atoms with Gasteiger partial charge in [-0.05, 0) is 6.26 Å². The molecule has 0 N–H and O–H groups in total. The van der Waals surface area contributed by atoms with Crippen molar-refractivity contribution in [2.24, 2.45) is 4.99 Å². The lowest BCUT2D eigenvalue weighted by Crippen LogP contribution is -2.24. The van der Waals surface area contributed by atoms with Crippen molar-refractivity contribution >= 4 is 28.7 Å². The Balaban J connectivity index is 2.23. The number of rotatable bonds is 2. The summed E-state index contributed by atoms with van der Waals surface area (Å²) in [7, 11) is 0. The fourth-order valence-electron chi connectivity index (χ4n) is 1.37. The summed E-state index contributed by atoms with van der Waals surface area (Å²) in [5, 5.41) is 11.3. The molecule has 0 fully saturated rings.